The van der Waals surface area contributed by atoms with Gasteiger partial charge >= 0.3 is 5.97 Å². The van der Waals surface area contributed by atoms with E-state index in [-0.39, 0.29) is 6.61 Å². The van der Waals surface area contributed by atoms with E-state index in [4.69, 9.17) is 15.2 Å². The van der Waals surface area contributed by atoms with Crippen LogP contribution in [0.2, 0.25) is 0 Å². The van der Waals surface area contributed by atoms with E-state index in [0.29, 0.717) is 0 Å². The second kappa shape index (κ2) is 9.24. The maximum Gasteiger partial charge on any atom is 0.325 e. The van der Waals surface area contributed by atoms with Crippen molar-refractivity contribution in [1.82, 2.24) is 0 Å². The molecule has 156 valence electrons. The Kier molecular flexibility index (Phi) is 6.70. The van der Waals surface area contributed by atoms with Gasteiger partial charge in [-0.25, -0.2) is 0 Å². The standard InChI is InChI=1S/C26H29NO3/c1-25(2,3)30-24(28)23(27)19-29-26(20-13-7-4-8-14-20,21-15-9-5-10-16-21)22-17-11-6-12-18-22/h4-18,23H,19,27H2,1-3H3. The van der Waals surface area contributed by atoms with Gasteiger partial charge in [-0.05, 0) is 37.5 Å². The molecule has 0 aromatic heterocycles. The number of carbonyl (C=O) groups excluding carboxylic acids is 1. The largest absolute Gasteiger partial charge is 0.459 e. The molecular weight excluding hydrogens is 374 g/mol. The topological polar surface area (TPSA) is 61.5 Å². The molecule has 3 rings (SSSR count). The van der Waals surface area contributed by atoms with Gasteiger partial charge in [0.15, 0.2) is 0 Å². The first-order chi connectivity index (χ1) is 14.3. The van der Waals surface area contributed by atoms with Crippen LogP contribution >= 0.6 is 0 Å². The molecule has 0 heterocycles. The number of hydrogen-bond donors (Lipinski definition) is 1. The summed E-state index contributed by atoms with van der Waals surface area (Å²) in [6.07, 6.45) is 0. The van der Waals surface area contributed by atoms with Gasteiger partial charge in [-0.15, -0.1) is 0 Å². The van der Waals surface area contributed by atoms with Gasteiger partial charge in [0, 0.05) is 0 Å². The highest BCUT2D eigenvalue weighted by Gasteiger charge is 2.38. The third-order valence-corrected chi connectivity index (χ3v) is 4.73. The number of esters is 1. The van der Waals surface area contributed by atoms with E-state index in [0.717, 1.165) is 16.7 Å². The van der Waals surface area contributed by atoms with E-state index in [9.17, 15) is 4.79 Å². The minimum atomic E-state index is -0.913. The van der Waals surface area contributed by atoms with E-state index in [1.165, 1.54) is 0 Å². The molecule has 2 N–H and O–H groups in total. The molecule has 1 unspecified atom stereocenters. The van der Waals surface area contributed by atoms with Crippen molar-refractivity contribution in [3.8, 4) is 0 Å². The molecule has 0 fully saturated rings. The Balaban J connectivity index is 2.05. The zero-order valence-electron chi connectivity index (χ0n) is 17.7. The average Bonchev–Trinajstić information content (AvgIpc) is 2.75. The summed E-state index contributed by atoms with van der Waals surface area (Å²) >= 11 is 0. The van der Waals surface area contributed by atoms with E-state index in [2.05, 4.69) is 0 Å². The first-order valence-corrected chi connectivity index (χ1v) is 10.1. The summed E-state index contributed by atoms with van der Waals surface area (Å²) < 4.78 is 12.0. The molecule has 1 atom stereocenters. The van der Waals surface area contributed by atoms with Crippen LogP contribution in [0.5, 0.6) is 0 Å². The highest BCUT2D eigenvalue weighted by atomic mass is 16.6. The van der Waals surface area contributed by atoms with Crippen molar-refractivity contribution in [1.29, 1.82) is 0 Å². The zero-order chi connectivity index (χ0) is 21.6. The van der Waals surface area contributed by atoms with Crippen molar-refractivity contribution >= 4 is 5.97 Å². The summed E-state index contributed by atoms with van der Waals surface area (Å²) in [5.74, 6) is -0.481. The average molecular weight is 404 g/mol. The molecule has 0 bridgehead atoms. The lowest BCUT2D eigenvalue weighted by atomic mass is 9.80. The van der Waals surface area contributed by atoms with Gasteiger partial charge in [0.25, 0.3) is 0 Å². The van der Waals surface area contributed by atoms with Gasteiger partial charge in [-0.2, -0.15) is 0 Å². The first-order valence-electron chi connectivity index (χ1n) is 10.1. The maximum atomic E-state index is 12.5. The van der Waals surface area contributed by atoms with Crippen molar-refractivity contribution < 1.29 is 14.3 Å². The van der Waals surface area contributed by atoms with Gasteiger partial charge in [0.1, 0.15) is 17.2 Å². The SMILES string of the molecule is CC(C)(C)OC(=O)C(N)COC(c1ccccc1)(c1ccccc1)c1ccccc1. The number of carbonyl (C=O) groups is 1. The van der Waals surface area contributed by atoms with Crippen LogP contribution < -0.4 is 5.73 Å². The lowest BCUT2D eigenvalue weighted by Gasteiger charge is -2.36. The molecule has 0 saturated carbocycles. The van der Waals surface area contributed by atoms with Crippen LogP contribution in [0.15, 0.2) is 91.0 Å². The molecule has 4 heteroatoms. The Labute approximate surface area is 178 Å². The number of nitrogens with two attached hydrogens (primary N) is 1. The molecular formula is C26H29NO3. The van der Waals surface area contributed by atoms with Gasteiger partial charge in [-0.3, -0.25) is 4.79 Å². The molecule has 3 aromatic carbocycles. The van der Waals surface area contributed by atoms with Crippen molar-refractivity contribution in [2.45, 2.75) is 38.0 Å². The van der Waals surface area contributed by atoms with Crippen LogP contribution in [0.25, 0.3) is 0 Å². The molecule has 0 aliphatic rings. The molecule has 0 aliphatic heterocycles. The molecule has 0 amide bonds. The van der Waals surface area contributed by atoms with Crippen LogP contribution in [-0.2, 0) is 19.9 Å². The van der Waals surface area contributed by atoms with E-state index >= 15 is 0 Å². The summed E-state index contributed by atoms with van der Waals surface area (Å²) in [4.78, 5) is 12.5. The van der Waals surface area contributed by atoms with Gasteiger partial charge in [0.05, 0.1) is 6.61 Å². The predicted octanol–water partition coefficient (Wildman–Crippen LogP) is 4.66. The Hall–Kier alpha value is -2.95. The third kappa shape index (κ3) is 4.96. The first kappa shape index (κ1) is 21.8. The van der Waals surface area contributed by atoms with Crippen LogP contribution in [-0.4, -0.2) is 24.2 Å². The Bertz CT molecular complexity index is 838. The Morgan fingerprint density at radius 1 is 0.767 bits per heavy atom. The van der Waals surface area contributed by atoms with Crippen LogP contribution in [0.4, 0.5) is 0 Å². The summed E-state index contributed by atoms with van der Waals surface area (Å²) in [5.41, 5.74) is 7.52. The van der Waals surface area contributed by atoms with Crippen LogP contribution in [0.1, 0.15) is 37.5 Å². The maximum absolute atomic E-state index is 12.5. The lowest BCUT2D eigenvalue weighted by Crippen LogP contribution is -2.44. The molecule has 0 spiro atoms. The Morgan fingerprint density at radius 3 is 1.47 bits per heavy atom. The van der Waals surface area contributed by atoms with Crippen molar-refractivity contribution in [3.05, 3.63) is 108 Å². The molecule has 3 aromatic rings. The van der Waals surface area contributed by atoms with Gasteiger partial charge in [-0.1, -0.05) is 91.0 Å². The number of rotatable bonds is 7. The molecule has 30 heavy (non-hydrogen) atoms. The summed E-state index contributed by atoms with van der Waals surface area (Å²) in [7, 11) is 0. The second-order valence-corrected chi connectivity index (χ2v) is 8.23. The molecule has 4 nitrogen and oxygen atoms in total. The van der Waals surface area contributed by atoms with Crippen molar-refractivity contribution in [3.63, 3.8) is 0 Å². The smallest absolute Gasteiger partial charge is 0.325 e. The highest BCUT2D eigenvalue weighted by molar-refractivity contribution is 5.76. The fourth-order valence-corrected chi connectivity index (χ4v) is 3.43. The zero-order valence-corrected chi connectivity index (χ0v) is 17.7. The van der Waals surface area contributed by atoms with Crippen molar-refractivity contribution in [2.75, 3.05) is 6.61 Å². The molecule has 0 saturated heterocycles. The fraction of sp³-hybridized carbons (Fsp3) is 0.269. The van der Waals surface area contributed by atoms with Crippen LogP contribution in [0, 0.1) is 0 Å². The lowest BCUT2D eigenvalue weighted by molar-refractivity contribution is -0.159. The van der Waals surface area contributed by atoms with E-state index in [1.807, 2.05) is 112 Å². The van der Waals surface area contributed by atoms with E-state index < -0.39 is 23.2 Å². The summed E-state index contributed by atoms with van der Waals surface area (Å²) in [6.45, 7) is 5.47. The fourth-order valence-electron chi connectivity index (χ4n) is 3.43. The van der Waals surface area contributed by atoms with Gasteiger partial charge < -0.3 is 15.2 Å². The summed E-state index contributed by atoms with van der Waals surface area (Å²) in [6, 6.07) is 29.0. The quantitative estimate of drug-likeness (QED) is 0.460. The molecule has 0 radical (unpaired) electrons. The van der Waals surface area contributed by atoms with Gasteiger partial charge in [0.2, 0.25) is 0 Å². The minimum absolute atomic E-state index is 0.00754. The monoisotopic (exact) mass is 403 g/mol. The predicted molar refractivity (Wildman–Crippen MR) is 119 cm³/mol. The number of hydrogen-bond acceptors (Lipinski definition) is 4. The second-order valence-electron chi connectivity index (χ2n) is 8.23. The minimum Gasteiger partial charge on any atom is -0.459 e. The third-order valence-electron chi connectivity index (χ3n) is 4.73. The van der Waals surface area contributed by atoms with Crippen molar-refractivity contribution in [2.24, 2.45) is 5.73 Å². The number of benzene rings is 3. The molecule has 0 aliphatic carbocycles. The Morgan fingerprint density at radius 2 is 1.13 bits per heavy atom. The number of ether oxygens (including phenoxy) is 2. The van der Waals surface area contributed by atoms with E-state index in [1.54, 1.807) is 0 Å². The highest BCUT2D eigenvalue weighted by Crippen LogP contribution is 2.40. The summed E-state index contributed by atoms with van der Waals surface area (Å²) in [5, 5.41) is 0. The van der Waals surface area contributed by atoms with Crippen LogP contribution in [0.3, 0.4) is 0 Å². The normalized spacial score (nSPS) is 12.9.